The van der Waals surface area contributed by atoms with Crippen molar-refractivity contribution in [1.29, 1.82) is 0 Å². The first-order chi connectivity index (χ1) is 23.0. The smallest absolute Gasteiger partial charge is 0.503 e. The molecule has 5 aromatic carbocycles. The predicted octanol–water partition coefficient (Wildman–Crippen LogP) is 10.9. The van der Waals surface area contributed by atoms with Crippen molar-refractivity contribution in [1.82, 2.24) is 14.4 Å². The first-order valence-electron chi connectivity index (χ1n) is 15.7. The summed E-state index contributed by atoms with van der Waals surface area (Å²) in [6.07, 6.45) is 5.73. The Hall–Kier alpha value is -5.06. The van der Waals surface area contributed by atoms with Crippen molar-refractivity contribution in [2.45, 2.75) is 19.3 Å². The second-order valence-electron chi connectivity index (χ2n) is 12.6. The monoisotopic (exact) mass is 728 g/mol. The fourth-order valence-electron chi connectivity index (χ4n) is 7.30. The largest absolute Gasteiger partial charge is 2.00 e. The topological polar surface area (TPSA) is 42.7 Å². The number of hydrogen-bond acceptors (Lipinski definition) is 5. The Morgan fingerprint density at radius 1 is 0.688 bits per heavy atom. The summed E-state index contributed by atoms with van der Waals surface area (Å²) >= 11 is 1.83. The summed E-state index contributed by atoms with van der Waals surface area (Å²) < 4.78 is 11.2. The molecule has 0 N–H and O–H groups in total. The molecule has 0 fully saturated rings. The van der Waals surface area contributed by atoms with E-state index in [1.54, 1.807) is 0 Å². The molecule has 0 saturated heterocycles. The van der Waals surface area contributed by atoms with Gasteiger partial charge in [0.2, 0.25) is 0 Å². The Kier molecular flexibility index (Phi) is 6.51. The normalized spacial score (nSPS) is 13.6. The molecule has 0 amide bonds. The molecule has 4 aromatic heterocycles. The molecule has 0 spiro atoms. The summed E-state index contributed by atoms with van der Waals surface area (Å²) in [5.74, 6) is 2.12. The molecule has 9 aromatic rings. The molecular formula is C41H26N4OPdS. The van der Waals surface area contributed by atoms with Crippen molar-refractivity contribution >= 4 is 76.0 Å². The van der Waals surface area contributed by atoms with Gasteiger partial charge in [-0.1, -0.05) is 78.8 Å². The van der Waals surface area contributed by atoms with Gasteiger partial charge in [0.25, 0.3) is 0 Å². The maximum Gasteiger partial charge on any atom is 2.00 e. The first kappa shape index (κ1) is 29.1. The molecule has 5 nitrogen and oxygen atoms in total. The fraction of sp³-hybridized carbons (Fsp3) is 0.0732. The molecular weight excluding hydrogens is 703 g/mol. The van der Waals surface area contributed by atoms with Crippen LogP contribution in [0.15, 0.2) is 122 Å². The minimum atomic E-state index is -0.185. The molecule has 232 valence electrons. The summed E-state index contributed by atoms with van der Waals surface area (Å²) in [6, 6.07) is 43.2. The predicted molar refractivity (Wildman–Crippen MR) is 192 cm³/mol. The van der Waals surface area contributed by atoms with Gasteiger partial charge in [0.05, 0.1) is 5.65 Å². The maximum atomic E-state index is 6.49. The number of rotatable bonds is 3. The minimum absolute atomic E-state index is 0. The molecule has 0 aliphatic carbocycles. The number of aromatic nitrogens is 3. The molecule has 1 aliphatic heterocycles. The van der Waals surface area contributed by atoms with Crippen LogP contribution in [0.5, 0.6) is 11.5 Å². The Bertz CT molecular complexity index is 2680. The number of hydrogen-bond donors (Lipinski definition) is 0. The average molecular weight is 729 g/mol. The summed E-state index contributed by atoms with van der Waals surface area (Å²) in [5.41, 5.74) is 6.16. The second-order valence-corrected chi connectivity index (χ2v) is 13.6. The second kappa shape index (κ2) is 10.7. The van der Waals surface area contributed by atoms with Gasteiger partial charge in [-0.3, -0.25) is 4.98 Å². The zero-order valence-electron chi connectivity index (χ0n) is 26.0. The molecule has 0 bridgehead atoms. The van der Waals surface area contributed by atoms with E-state index in [0.717, 1.165) is 39.1 Å². The maximum absolute atomic E-state index is 6.49. The fourth-order valence-corrected chi connectivity index (χ4v) is 8.43. The minimum Gasteiger partial charge on any atom is -0.503 e. The molecule has 0 radical (unpaired) electrons. The Labute approximate surface area is 294 Å². The molecule has 0 unspecified atom stereocenters. The number of fused-ring (bicyclic) bond motifs is 11. The van der Waals surface area contributed by atoms with E-state index in [1.807, 2.05) is 54.2 Å². The van der Waals surface area contributed by atoms with Crippen molar-refractivity contribution in [2.75, 3.05) is 4.90 Å². The van der Waals surface area contributed by atoms with Gasteiger partial charge in [0.15, 0.2) is 0 Å². The van der Waals surface area contributed by atoms with Crippen LogP contribution < -0.4 is 9.64 Å². The van der Waals surface area contributed by atoms with Crippen LogP contribution in [-0.2, 0) is 25.8 Å². The summed E-state index contributed by atoms with van der Waals surface area (Å²) in [7, 11) is 0. The zero-order valence-corrected chi connectivity index (χ0v) is 28.3. The van der Waals surface area contributed by atoms with E-state index < -0.39 is 0 Å². The first-order valence-corrected chi connectivity index (χ1v) is 16.5. The summed E-state index contributed by atoms with van der Waals surface area (Å²) in [4.78, 5) is 11.8. The van der Waals surface area contributed by atoms with Crippen LogP contribution in [0.2, 0.25) is 0 Å². The van der Waals surface area contributed by atoms with Gasteiger partial charge in [-0.25, -0.2) is 4.98 Å². The quantitative estimate of drug-likeness (QED) is 0.103. The van der Waals surface area contributed by atoms with E-state index in [0.29, 0.717) is 11.5 Å². The van der Waals surface area contributed by atoms with E-state index >= 15 is 0 Å². The third-order valence-corrected chi connectivity index (χ3v) is 10.7. The van der Waals surface area contributed by atoms with E-state index in [9.17, 15) is 0 Å². The van der Waals surface area contributed by atoms with E-state index in [-0.39, 0.29) is 25.8 Å². The van der Waals surface area contributed by atoms with E-state index in [4.69, 9.17) is 14.7 Å². The van der Waals surface area contributed by atoms with Gasteiger partial charge >= 0.3 is 20.4 Å². The van der Waals surface area contributed by atoms with Gasteiger partial charge < -0.3 is 14.0 Å². The number of nitrogens with zero attached hydrogens (tertiary/aromatic N) is 4. The van der Waals surface area contributed by atoms with Gasteiger partial charge in [0, 0.05) is 72.4 Å². The molecule has 7 heteroatoms. The third kappa shape index (κ3) is 4.18. The van der Waals surface area contributed by atoms with Crippen LogP contribution in [0.1, 0.15) is 25.0 Å². The summed E-state index contributed by atoms with van der Waals surface area (Å²) in [6.45, 7) is 4.52. The van der Waals surface area contributed by atoms with Crippen LogP contribution in [0.4, 0.5) is 17.2 Å². The van der Waals surface area contributed by atoms with Gasteiger partial charge in [0.1, 0.15) is 5.82 Å². The number of anilines is 3. The Morgan fingerprint density at radius 3 is 2.46 bits per heavy atom. The van der Waals surface area contributed by atoms with Gasteiger partial charge in [-0.2, -0.15) is 6.07 Å². The van der Waals surface area contributed by atoms with Crippen LogP contribution >= 0.6 is 11.3 Å². The number of benzene rings is 5. The van der Waals surface area contributed by atoms with E-state index in [2.05, 4.69) is 114 Å². The van der Waals surface area contributed by atoms with Crippen LogP contribution in [0.3, 0.4) is 0 Å². The Morgan fingerprint density at radius 2 is 1.52 bits per heavy atom. The van der Waals surface area contributed by atoms with Crippen molar-refractivity contribution in [3.8, 4) is 11.5 Å². The van der Waals surface area contributed by atoms with Crippen molar-refractivity contribution in [3.63, 3.8) is 0 Å². The van der Waals surface area contributed by atoms with Gasteiger partial charge in [-0.05, 0) is 41.3 Å². The third-order valence-electron chi connectivity index (χ3n) is 9.53. The van der Waals surface area contributed by atoms with E-state index in [1.165, 1.54) is 36.7 Å². The molecule has 0 saturated carbocycles. The number of imidazole rings is 1. The van der Waals surface area contributed by atoms with Crippen molar-refractivity contribution in [3.05, 3.63) is 145 Å². The molecule has 10 rings (SSSR count). The molecule has 0 atom stereocenters. The van der Waals surface area contributed by atoms with Crippen molar-refractivity contribution < 1.29 is 25.2 Å². The number of thiophene rings is 1. The van der Waals surface area contributed by atoms with Crippen molar-refractivity contribution in [2.24, 2.45) is 0 Å². The number of ether oxygens (including phenoxy) is 1. The van der Waals surface area contributed by atoms with Crippen LogP contribution in [-0.4, -0.2) is 14.4 Å². The number of para-hydroxylation sites is 1. The van der Waals surface area contributed by atoms with Gasteiger partial charge in [-0.15, -0.1) is 41.7 Å². The molecule has 48 heavy (non-hydrogen) atoms. The number of pyridine rings is 2. The summed E-state index contributed by atoms with van der Waals surface area (Å²) in [5, 5.41) is 5.73. The van der Waals surface area contributed by atoms with Crippen LogP contribution in [0.25, 0.3) is 47.5 Å². The SMILES string of the molecule is CC1(C)c2ccccc2N(c2[c-]c(Oc3[c-]c4c(cc3)c3cc5sc6ccccc6c5cc3n3ccnc43)ccc2)c2ncccc21.[Pd+2]. The zero-order chi connectivity index (χ0) is 31.3. The van der Waals surface area contributed by atoms with Crippen LogP contribution in [0, 0.1) is 12.1 Å². The molecule has 1 aliphatic rings. The molecule has 5 heterocycles. The average Bonchev–Trinajstić information content (AvgIpc) is 3.74. The standard InChI is InChI=1S/C41H26N4OS.Pd/c1-41(2)33-12-4-5-14-35(33)45(40-34(41)13-8-18-42-40)25-9-7-10-26(21-25)46-27-16-17-28-30-24-38-31(29-11-3-6-15-37(29)47-38)23-36(30)44-20-19-43-39(44)32(28)22-27;/h3-20,23-24H,1-2H3;/q-2;+2. The Balaban J connectivity index is 0.00000314.